The van der Waals surface area contributed by atoms with Crippen molar-refractivity contribution in [2.45, 2.75) is 16.6 Å². The molecule has 0 spiro atoms. The molecule has 1 aromatic carbocycles. The molecule has 3 nitrogen and oxygen atoms in total. The molecule has 1 aromatic rings. The highest BCUT2D eigenvalue weighted by Crippen LogP contribution is 2.46. The van der Waals surface area contributed by atoms with Gasteiger partial charge in [-0.05, 0) is 24.6 Å². The highest BCUT2D eigenvalue weighted by Gasteiger charge is 2.34. The third-order valence-electron chi connectivity index (χ3n) is 3.09. The molecule has 1 unspecified atom stereocenters. The lowest BCUT2D eigenvalue weighted by atomic mass is 10.1. The van der Waals surface area contributed by atoms with Crippen molar-refractivity contribution in [3.63, 3.8) is 0 Å². The first kappa shape index (κ1) is 12.8. The molecule has 1 aliphatic heterocycles. The summed E-state index contributed by atoms with van der Waals surface area (Å²) in [7, 11) is 1.52. The van der Waals surface area contributed by atoms with E-state index in [0.29, 0.717) is 5.76 Å². The Morgan fingerprint density at radius 2 is 2.21 bits per heavy atom. The second-order valence-corrected chi connectivity index (χ2v) is 6.44. The predicted molar refractivity (Wildman–Crippen MR) is 80.5 cm³/mol. The molecule has 0 saturated heterocycles. The van der Waals surface area contributed by atoms with Crippen LogP contribution in [-0.4, -0.2) is 17.7 Å². The van der Waals surface area contributed by atoms with Crippen LogP contribution in [0, 0.1) is 6.92 Å². The molecule has 1 atom stereocenters. The van der Waals surface area contributed by atoms with Gasteiger partial charge < -0.3 is 10.1 Å². The summed E-state index contributed by atoms with van der Waals surface area (Å²) < 4.78 is 5.13. The van der Waals surface area contributed by atoms with Gasteiger partial charge in [0, 0.05) is 15.9 Å². The van der Waals surface area contributed by atoms with E-state index in [0.717, 1.165) is 21.2 Å². The van der Waals surface area contributed by atoms with Crippen LogP contribution in [0.3, 0.4) is 0 Å². The number of rotatable bonds is 1. The summed E-state index contributed by atoms with van der Waals surface area (Å²) in [5.41, 5.74) is 3.20. The fraction of sp³-hybridized carbons (Fsp3) is 0.214. The Morgan fingerprint density at radius 3 is 2.95 bits per heavy atom. The highest BCUT2D eigenvalue weighted by atomic mass is 79.9. The standard InChI is InChI=1S/C14H12BrNO2S/c1-7-3-4-8-11(5-7)19-14-9(16-8)6-10(18-2)13(17)12(14)15/h3-6,12,16H,1-2H3. The van der Waals surface area contributed by atoms with Crippen molar-refractivity contribution in [1.29, 1.82) is 0 Å². The normalized spacial score (nSPS) is 21.3. The summed E-state index contributed by atoms with van der Waals surface area (Å²) in [6.07, 6.45) is 1.77. The quantitative estimate of drug-likeness (QED) is 0.794. The molecule has 0 saturated carbocycles. The average Bonchev–Trinajstić information content (AvgIpc) is 2.41. The van der Waals surface area contributed by atoms with Gasteiger partial charge in [-0.25, -0.2) is 0 Å². The number of carbonyl (C=O) groups is 1. The number of alkyl halides is 1. The molecule has 1 N–H and O–H groups in total. The number of ketones is 1. The third kappa shape index (κ3) is 2.11. The lowest BCUT2D eigenvalue weighted by Crippen LogP contribution is -2.26. The Morgan fingerprint density at radius 1 is 1.42 bits per heavy atom. The first-order valence-corrected chi connectivity index (χ1v) is 7.57. The van der Waals surface area contributed by atoms with Crippen LogP contribution in [0.15, 0.2) is 45.5 Å². The number of benzene rings is 1. The fourth-order valence-electron chi connectivity index (χ4n) is 2.10. The van der Waals surface area contributed by atoms with E-state index in [1.54, 1.807) is 17.8 Å². The maximum atomic E-state index is 12.1. The Kier molecular flexibility index (Phi) is 3.19. The first-order valence-electron chi connectivity index (χ1n) is 5.84. The van der Waals surface area contributed by atoms with E-state index in [4.69, 9.17) is 4.74 Å². The molecule has 5 heteroatoms. The third-order valence-corrected chi connectivity index (χ3v) is 5.50. The molecule has 0 amide bonds. The topological polar surface area (TPSA) is 38.3 Å². The molecule has 98 valence electrons. The number of Topliss-reactive ketones (excluding diaryl/α,β-unsaturated/α-hetero) is 1. The number of hydrogen-bond donors (Lipinski definition) is 1. The lowest BCUT2D eigenvalue weighted by Gasteiger charge is -2.28. The highest BCUT2D eigenvalue weighted by molar-refractivity contribution is 9.10. The number of hydrogen-bond acceptors (Lipinski definition) is 4. The summed E-state index contributed by atoms with van der Waals surface area (Å²) in [4.78, 5) is 13.9. The van der Waals surface area contributed by atoms with Crippen molar-refractivity contribution in [3.05, 3.63) is 46.2 Å². The van der Waals surface area contributed by atoms with Gasteiger partial charge in [-0.1, -0.05) is 33.8 Å². The zero-order valence-electron chi connectivity index (χ0n) is 10.5. The minimum Gasteiger partial charge on any atom is -0.493 e. The summed E-state index contributed by atoms with van der Waals surface area (Å²) in [5.74, 6) is 0.343. The molecule has 0 radical (unpaired) electrons. The van der Waals surface area contributed by atoms with Crippen molar-refractivity contribution >= 4 is 39.2 Å². The molecule has 3 rings (SSSR count). The van der Waals surface area contributed by atoms with Gasteiger partial charge in [0.25, 0.3) is 0 Å². The molecule has 0 fully saturated rings. The summed E-state index contributed by atoms with van der Waals surface area (Å²) in [6, 6.07) is 6.25. The average molecular weight is 338 g/mol. The van der Waals surface area contributed by atoms with Crippen molar-refractivity contribution in [1.82, 2.24) is 0 Å². The van der Waals surface area contributed by atoms with Gasteiger partial charge in [0.2, 0.25) is 5.78 Å². The van der Waals surface area contributed by atoms with Gasteiger partial charge >= 0.3 is 0 Å². The Bertz CT molecular complexity index is 636. The van der Waals surface area contributed by atoms with Crippen LogP contribution >= 0.6 is 27.7 Å². The molecule has 0 aromatic heterocycles. The minimum absolute atomic E-state index is 0.0355. The van der Waals surface area contributed by atoms with E-state index in [-0.39, 0.29) is 10.6 Å². The van der Waals surface area contributed by atoms with Crippen LogP contribution in [0.25, 0.3) is 0 Å². The number of methoxy groups -OCH3 is 1. The van der Waals surface area contributed by atoms with Gasteiger partial charge in [0.15, 0.2) is 5.76 Å². The second-order valence-electron chi connectivity index (χ2n) is 4.44. The van der Waals surface area contributed by atoms with Crippen molar-refractivity contribution in [3.8, 4) is 0 Å². The molecule has 19 heavy (non-hydrogen) atoms. The Balaban J connectivity index is 2.05. The monoisotopic (exact) mass is 337 g/mol. The fourth-order valence-corrected chi connectivity index (χ4v) is 3.99. The molecule has 1 heterocycles. The van der Waals surface area contributed by atoms with Gasteiger partial charge in [0.05, 0.1) is 18.5 Å². The number of halogens is 1. The van der Waals surface area contributed by atoms with Crippen molar-refractivity contribution in [2.75, 3.05) is 12.4 Å². The molecule has 2 aliphatic rings. The minimum atomic E-state index is -0.339. The van der Waals surface area contributed by atoms with Crippen LogP contribution in [0.2, 0.25) is 0 Å². The maximum absolute atomic E-state index is 12.1. The van der Waals surface area contributed by atoms with Crippen molar-refractivity contribution < 1.29 is 9.53 Å². The van der Waals surface area contributed by atoms with E-state index in [1.165, 1.54) is 12.7 Å². The Labute approximate surface area is 124 Å². The van der Waals surface area contributed by atoms with Gasteiger partial charge in [0.1, 0.15) is 4.83 Å². The van der Waals surface area contributed by atoms with Crippen molar-refractivity contribution in [2.24, 2.45) is 0 Å². The largest absolute Gasteiger partial charge is 0.493 e. The van der Waals surface area contributed by atoms with Crippen LogP contribution in [-0.2, 0) is 9.53 Å². The maximum Gasteiger partial charge on any atom is 0.216 e. The first-order chi connectivity index (χ1) is 9.10. The van der Waals surface area contributed by atoms with Crippen LogP contribution < -0.4 is 5.32 Å². The van der Waals surface area contributed by atoms with Gasteiger partial charge in [-0.15, -0.1) is 0 Å². The van der Waals surface area contributed by atoms with Crippen LogP contribution in [0.5, 0.6) is 0 Å². The molecular formula is C14H12BrNO2S. The number of anilines is 1. The number of thioether (sulfide) groups is 1. The molecular weight excluding hydrogens is 326 g/mol. The van der Waals surface area contributed by atoms with E-state index < -0.39 is 0 Å². The van der Waals surface area contributed by atoms with Gasteiger partial charge in [-0.3, -0.25) is 4.79 Å². The predicted octanol–water partition coefficient (Wildman–Crippen LogP) is 3.60. The number of carbonyl (C=O) groups excluding carboxylic acids is 1. The number of fused-ring (bicyclic) bond motifs is 1. The van der Waals surface area contributed by atoms with E-state index in [2.05, 4.69) is 46.4 Å². The number of aryl methyl sites for hydroxylation is 1. The smallest absolute Gasteiger partial charge is 0.216 e. The second kappa shape index (κ2) is 4.72. The van der Waals surface area contributed by atoms with Crippen LogP contribution in [0.1, 0.15) is 5.56 Å². The van der Waals surface area contributed by atoms with E-state index >= 15 is 0 Å². The summed E-state index contributed by atoms with van der Waals surface area (Å²) >= 11 is 5.09. The van der Waals surface area contributed by atoms with E-state index in [1.807, 2.05) is 0 Å². The van der Waals surface area contributed by atoms with Crippen LogP contribution in [0.4, 0.5) is 5.69 Å². The zero-order valence-corrected chi connectivity index (χ0v) is 12.9. The summed E-state index contributed by atoms with van der Waals surface area (Å²) in [5, 5.41) is 3.36. The van der Waals surface area contributed by atoms with E-state index in [9.17, 15) is 4.79 Å². The Hall–Kier alpha value is -1.20. The zero-order chi connectivity index (χ0) is 13.6. The molecule has 0 bridgehead atoms. The summed E-state index contributed by atoms with van der Waals surface area (Å²) in [6.45, 7) is 2.06. The lowest BCUT2D eigenvalue weighted by molar-refractivity contribution is -0.117. The SMILES string of the molecule is COC1=CC2=C(Sc3cc(C)ccc3N2)C(Br)C1=O. The number of ether oxygens (including phenoxy) is 1. The number of allylic oxidation sites excluding steroid dienone is 3. The van der Waals surface area contributed by atoms with Gasteiger partial charge in [-0.2, -0.15) is 0 Å². The number of nitrogens with one attached hydrogen (secondary N) is 1. The molecule has 1 aliphatic carbocycles.